The van der Waals surface area contributed by atoms with E-state index in [1.807, 2.05) is 55.5 Å². The number of aryl methyl sites for hydroxylation is 1. The van der Waals surface area contributed by atoms with Crippen LogP contribution >= 0.6 is 0 Å². The molecule has 3 aromatic carbocycles. The fraction of sp³-hybridized carbons (Fsp3) is 0.400. The average Bonchev–Trinajstić information content (AvgIpc) is 3.62. The number of tetrazole rings is 1. The van der Waals surface area contributed by atoms with Crippen molar-refractivity contribution in [2.75, 3.05) is 33.3 Å². The van der Waals surface area contributed by atoms with Crippen molar-refractivity contribution in [1.82, 2.24) is 36.2 Å². The van der Waals surface area contributed by atoms with Gasteiger partial charge in [0.1, 0.15) is 5.82 Å². The highest BCUT2D eigenvalue weighted by molar-refractivity contribution is 5.94. The van der Waals surface area contributed by atoms with Crippen LogP contribution in [0.25, 0.3) is 11.1 Å². The molecule has 12 heteroatoms. The number of likely N-dealkylation sites (tertiary alicyclic amines) is 1. The number of carbonyl (C=O) groups excluding carboxylic acids is 2. The summed E-state index contributed by atoms with van der Waals surface area (Å²) in [5.41, 5.74) is 2.56. The lowest BCUT2D eigenvalue weighted by molar-refractivity contribution is -0.0590. The lowest BCUT2D eigenvalue weighted by Gasteiger charge is -2.43. The lowest BCUT2D eigenvalue weighted by Crippen LogP contribution is -2.48. The van der Waals surface area contributed by atoms with Crippen LogP contribution in [0.5, 0.6) is 0 Å². The molecular weight excluding hydrogens is 601 g/mol. The number of amides is 2. The van der Waals surface area contributed by atoms with Gasteiger partial charge in [0, 0.05) is 56.7 Å². The third-order valence-electron chi connectivity index (χ3n) is 8.75. The molecular formula is C35H42FN7O4. The molecule has 1 saturated heterocycles. The molecule has 1 aliphatic rings. The third kappa shape index (κ3) is 8.38. The van der Waals surface area contributed by atoms with Crippen molar-refractivity contribution >= 4 is 12.0 Å². The summed E-state index contributed by atoms with van der Waals surface area (Å²) in [6, 6.07) is 19.9. The Balaban J connectivity index is 1.34. The number of nitrogens with one attached hydrogen (secondary N) is 3. The molecule has 4 N–H and O–H groups in total. The summed E-state index contributed by atoms with van der Waals surface area (Å²) in [5, 5.41) is 32.3. The van der Waals surface area contributed by atoms with E-state index in [0.717, 1.165) is 11.1 Å². The number of aromatic nitrogens is 4. The molecule has 11 nitrogen and oxygen atoms in total. The molecule has 5 rings (SSSR count). The van der Waals surface area contributed by atoms with Crippen LogP contribution in [0.2, 0.25) is 0 Å². The van der Waals surface area contributed by atoms with Crippen LogP contribution in [-0.4, -0.2) is 75.9 Å². The van der Waals surface area contributed by atoms with Crippen LogP contribution in [0.4, 0.5) is 9.18 Å². The molecule has 0 unspecified atom stereocenters. The fourth-order valence-corrected chi connectivity index (χ4v) is 6.34. The van der Waals surface area contributed by atoms with E-state index in [4.69, 9.17) is 4.74 Å². The highest BCUT2D eigenvalue weighted by Gasteiger charge is 2.43. The van der Waals surface area contributed by atoms with Gasteiger partial charge in [0.05, 0.1) is 12.2 Å². The number of nitrogens with zero attached hydrogens (tertiary/aromatic N) is 4. The van der Waals surface area contributed by atoms with E-state index in [1.54, 1.807) is 17.0 Å². The first-order valence-electron chi connectivity index (χ1n) is 16.0. The molecule has 0 saturated carbocycles. The molecule has 0 bridgehead atoms. The number of ether oxygens (including phenoxy) is 1. The van der Waals surface area contributed by atoms with Crippen LogP contribution in [0.15, 0.2) is 66.7 Å². The lowest BCUT2D eigenvalue weighted by atomic mass is 9.72. The van der Waals surface area contributed by atoms with Crippen molar-refractivity contribution in [3.05, 3.63) is 101 Å². The first-order valence-corrected chi connectivity index (χ1v) is 16.0. The molecule has 47 heavy (non-hydrogen) atoms. The Morgan fingerprint density at radius 1 is 1.15 bits per heavy atom. The van der Waals surface area contributed by atoms with Gasteiger partial charge in [-0.3, -0.25) is 4.79 Å². The Morgan fingerprint density at radius 2 is 1.96 bits per heavy atom. The van der Waals surface area contributed by atoms with Crippen molar-refractivity contribution < 1.29 is 23.8 Å². The second-order valence-electron chi connectivity index (χ2n) is 12.0. The van der Waals surface area contributed by atoms with E-state index in [0.29, 0.717) is 79.9 Å². The number of rotatable bonds is 13. The van der Waals surface area contributed by atoms with E-state index in [9.17, 15) is 14.7 Å². The van der Waals surface area contributed by atoms with Crippen molar-refractivity contribution in [3.63, 3.8) is 0 Å². The van der Waals surface area contributed by atoms with Gasteiger partial charge in [-0.05, 0) is 67.5 Å². The van der Waals surface area contributed by atoms with E-state index < -0.39 is 17.5 Å². The van der Waals surface area contributed by atoms with E-state index in [-0.39, 0.29) is 24.9 Å². The number of hydrogen-bond acceptors (Lipinski definition) is 8. The Bertz CT molecular complexity index is 1630. The minimum atomic E-state index is -1.50. The number of aromatic amines is 1. The molecule has 2 atom stereocenters. The number of H-pyrrole nitrogens is 1. The number of hydrogen-bond donors (Lipinski definition) is 4. The van der Waals surface area contributed by atoms with Crippen LogP contribution in [0.1, 0.15) is 58.6 Å². The van der Waals surface area contributed by atoms with Crippen LogP contribution in [0, 0.1) is 18.7 Å². The Morgan fingerprint density at radius 3 is 2.70 bits per heavy atom. The van der Waals surface area contributed by atoms with Crippen molar-refractivity contribution in [3.8, 4) is 11.1 Å². The fourth-order valence-electron chi connectivity index (χ4n) is 6.34. The van der Waals surface area contributed by atoms with Crippen molar-refractivity contribution in [2.45, 2.75) is 51.2 Å². The van der Waals surface area contributed by atoms with Gasteiger partial charge in [0.2, 0.25) is 0 Å². The van der Waals surface area contributed by atoms with E-state index in [1.165, 1.54) is 13.1 Å². The summed E-state index contributed by atoms with van der Waals surface area (Å²) in [7, 11) is 1.48. The molecule has 0 aliphatic carbocycles. The zero-order valence-electron chi connectivity index (χ0n) is 26.8. The number of carbonyl (C=O) groups is 2. The monoisotopic (exact) mass is 643 g/mol. The predicted molar refractivity (Wildman–Crippen MR) is 175 cm³/mol. The SMILES string of the molecule is CNC(=O)OCCC[C@@](O)(c1cccc(F)c1-c1cccc(C)c1)[C@@H]1CCCN(C(=O)c2ccc(CNCCc3nn[nH]n3)cc2)C1. The molecule has 1 fully saturated rings. The van der Waals surface area contributed by atoms with Crippen molar-refractivity contribution in [2.24, 2.45) is 5.92 Å². The number of halogens is 1. The minimum absolute atomic E-state index is 0.0880. The minimum Gasteiger partial charge on any atom is -0.450 e. The van der Waals surface area contributed by atoms with Crippen molar-refractivity contribution in [1.29, 1.82) is 0 Å². The zero-order valence-corrected chi connectivity index (χ0v) is 26.8. The second-order valence-corrected chi connectivity index (χ2v) is 12.0. The maximum absolute atomic E-state index is 15.7. The summed E-state index contributed by atoms with van der Waals surface area (Å²) >= 11 is 0. The topological polar surface area (TPSA) is 145 Å². The normalized spacial score (nSPS) is 16.0. The summed E-state index contributed by atoms with van der Waals surface area (Å²) in [4.78, 5) is 27.2. The molecule has 4 aromatic rings. The zero-order chi connectivity index (χ0) is 33.2. The Kier molecular flexibility index (Phi) is 11.3. The highest BCUT2D eigenvalue weighted by atomic mass is 19.1. The van der Waals surface area contributed by atoms with E-state index >= 15 is 4.39 Å². The van der Waals surface area contributed by atoms with Gasteiger partial charge in [-0.25, -0.2) is 9.18 Å². The van der Waals surface area contributed by atoms with Gasteiger partial charge < -0.3 is 25.4 Å². The molecule has 248 valence electrons. The molecule has 0 spiro atoms. The van der Waals surface area contributed by atoms with Gasteiger partial charge in [-0.1, -0.05) is 59.3 Å². The third-order valence-corrected chi connectivity index (χ3v) is 8.75. The summed E-state index contributed by atoms with van der Waals surface area (Å²) in [6.45, 7) is 4.20. The summed E-state index contributed by atoms with van der Waals surface area (Å²) in [5.74, 6) is -0.282. The van der Waals surface area contributed by atoms with Gasteiger partial charge in [0.15, 0.2) is 5.82 Å². The van der Waals surface area contributed by atoms with Gasteiger partial charge in [-0.2, -0.15) is 5.21 Å². The largest absolute Gasteiger partial charge is 0.450 e. The number of aliphatic hydroxyl groups is 1. The maximum atomic E-state index is 15.7. The van der Waals surface area contributed by atoms with Gasteiger partial charge >= 0.3 is 6.09 Å². The Labute approximate surface area is 273 Å². The molecule has 2 heterocycles. The average molecular weight is 644 g/mol. The number of piperidine rings is 1. The quantitative estimate of drug-likeness (QED) is 0.156. The predicted octanol–water partition coefficient (Wildman–Crippen LogP) is 4.52. The number of alkyl carbamates (subject to hydrolysis) is 1. The van der Waals surface area contributed by atoms with Crippen LogP contribution < -0.4 is 10.6 Å². The summed E-state index contributed by atoms with van der Waals surface area (Å²) in [6.07, 6.45) is 1.99. The molecule has 0 radical (unpaired) electrons. The van der Waals surface area contributed by atoms with Crippen LogP contribution in [-0.2, 0) is 23.3 Å². The standard InChI is InChI=1S/C35H42FN7O4/c1-24-7-3-8-27(21-24)32-29(10-4-11-30(32)36)35(46,17-6-20-47-34(45)37-2)28-9-5-19-43(23-28)33(44)26-14-12-25(13-15-26)22-38-18-16-31-39-41-42-40-31/h3-4,7-8,10-15,21,28,38,46H,5-6,9,16-20,22-23H2,1-2H3,(H,37,45)(H,39,40,41,42)/t28-,35+/m1/s1. The molecule has 1 aromatic heterocycles. The first-order chi connectivity index (χ1) is 22.8. The Hall–Kier alpha value is -4.68. The maximum Gasteiger partial charge on any atom is 0.406 e. The molecule has 1 aliphatic heterocycles. The second kappa shape index (κ2) is 15.7. The first kappa shape index (κ1) is 33.7. The van der Waals surface area contributed by atoms with Gasteiger partial charge in [0.25, 0.3) is 5.91 Å². The molecule has 2 amide bonds. The highest BCUT2D eigenvalue weighted by Crippen LogP contribution is 2.44. The summed E-state index contributed by atoms with van der Waals surface area (Å²) < 4.78 is 20.9. The number of benzene rings is 3. The van der Waals surface area contributed by atoms with E-state index in [2.05, 4.69) is 31.3 Å². The smallest absolute Gasteiger partial charge is 0.406 e. The van der Waals surface area contributed by atoms with Gasteiger partial charge in [-0.15, -0.1) is 10.2 Å². The van der Waals surface area contributed by atoms with Crippen LogP contribution in [0.3, 0.4) is 0 Å².